The summed E-state index contributed by atoms with van der Waals surface area (Å²) in [6.07, 6.45) is 2.18. The summed E-state index contributed by atoms with van der Waals surface area (Å²) in [7, 11) is 0.135. The molecule has 0 spiro atoms. The SMILES string of the molecule is CCCCOc1ccc(PC(=O)c2c(C)cc(C(C)(C)C)cc2C)c(C)c1.[H-].[Li+]. The molecule has 2 aromatic carbocycles. The minimum Gasteiger partial charge on any atom is -1.00 e. The van der Waals surface area contributed by atoms with E-state index in [-0.39, 0.29) is 39.8 Å². The molecule has 0 amide bonds. The molecule has 1 unspecified atom stereocenters. The quantitative estimate of drug-likeness (QED) is 0.410. The van der Waals surface area contributed by atoms with E-state index >= 15 is 0 Å². The molecular formula is C24H34LiO2P. The van der Waals surface area contributed by atoms with E-state index in [9.17, 15) is 4.79 Å². The fourth-order valence-electron chi connectivity index (χ4n) is 3.14. The molecule has 0 saturated carbocycles. The topological polar surface area (TPSA) is 26.3 Å². The van der Waals surface area contributed by atoms with E-state index in [0.717, 1.165) is 52.8 Å². The number of aryl methyl sites for hydroxylation is 3. The summed E-state index contributed by atoms with van der Waals surface area (Å²) in [6, 6.07) is 10.4. The Labute approximate surface area is 186 Å². The van der Waals surface area contributed by atoms with E-state index < -0.39 is 0 Å². The number of rotatable bonds is 7. The van der Waals surface area contributed by atoms with Crippen molar-refractivity contribution in [2.45, 2.75) is 66.7 Å². The minimum absolute atomic E-state index is 0. The van der Waals surface area contributed by atoms with Crippen LogP contribution in [0, 0.1) is 20.8 Å². The van der Waals surface area contributed by atoms with E-state index in [1.54, 1.807) is 0 Å². The first-order valence-corrected chi connectivity index (χ1v) is 10.8. The number of benzene rings is 2. The maximum absolute atomic E-state index is 13.0. The Bertz CT molecular complexity index is 805. The minimum atomic E-state index is 0. The molecule has 1 atom stereocenters. The van der Waals surface area contributed by atoms with Crippen LogP contribution < -0.4 is 28.9 Å². The van der Waals surface area contributed by atoms with Gasteiger partial charge in [-0.2, -0.15) is 0 Å². The molecule has 28 heavy (non-hydrogen) atoms. The average molecular weight is 392 g/mol. The van der Waals surface area contributed by atoms with Crippen molar-refractivity contribution in [3.8, 4) is 5.75 Å². The molecule has 0 aliphatic carbocycles. The fraction of sp³-hybridized carbons (Fsp3) is 0.458. The zero-order valence-electron chi connectivity index (χ0n) is 19.8. The number of hydrogen-bond acceptors (Lipinski definition) is 2. The molecule has 0 N–H and O–H groups in total. The second-order valence-electron chi connectivity index (χ2n) is 8.37. The summed E-state index contributed by atoms with van der Waals surface area (Å²) in [6.45, 7) is 15.7. The van der Waals surface area contributed by atoms with E-state index in [0.29, 0.717) is 0 Å². The summed E-state index contributed by atoms with van der Waals surface area (Å²) in [5.41, 5.74) is 5.74. The summed E-state index contributed by atoms with van der Waals surface area (Å²) in [5, 5.41) is 1.10. The van der Waals surface area contributed by atoms with Crippen LogP contribution in [-0.4, -0.2) is 12.1 Å². The normalized spacial score (nSPS) is 11.5. The molecule has 0 fully saturated rings. The van der Waals surface area contributed by atoms with Gasteiger partial charge in [-0.1, -0.05) is 52.3 Å². The number of carbonyl (C=O) groups is 1. The van der Waals surface area contributed by atoms with Gasteiger partial charge in [-0.25, -0.2) is 0 Å². The van der Waals surface area contributed by atoms with Crippen LogP contribution in [0.2, 0.25) is 0 Å². The monoisotopic (exact) mass is 392 g/mol. The van der Waals surface area contributed by atoms with Gasteiger partial charge in [0, 0.05) is 5.56 Å². The maximum atomic E-state index is 13.0. The molecule has 2 aromatic rings. The van der Waals surface area contributed by atoms with Crippen molar-refractivity contribution in [2.24, 2.45) is 0 Å². The van der Waals surface area contributed by atoms with E-state index in [1.165, 1.54) is 5.56 Å². The van der Waals surface area contributed by atoms with Crippen LogP contribution in [0.4, 0.5) is 0 Å². The Morgan fingerprint density at radius 2 is 1.64 bits per heavy atom. The molecule has 0 heterocycles. The first-order valence-electron chi connectivity index (χ1n) is 9.80. The molecule has 4 heteroatoms. The standard InChI is InChI=1S/C24H33O2P.Li.H/c1-8-9-12-26-20-10-11-21(16(2)15-20)27-23(25)22-17(3)13-19(14-18(22)4)24(5,6)7;;/h10-11,13-15,27H,8-9,12H2,1-7H3;;/q;+1;-1. The van der Waals surface area contributed by atoms with Crippen LogP contribution in [0.3, 0.4) is 0 Å². The van der Waals surface area contributed by atoms with Gasteiger partial charge in [0.05, 0.1) is 6.61 Å². The van der Waals surface area contributed by atoms with Crippen molar-refractivity contribution in [1.82, 2.24) is 0 Å². The summed E-state index contributed by atoms with van der Waals surface area (Å²) in [5.74, 6) is 0.892. The predicted molar refractivity (Wildman–Crippen MR) is 120 cm³/mol. The van der Waals surface area contributed by atoms with Crippen LogP contribution >= 0.6 is 8.58 Å². The van der Waals surface area contributed by atoms with Gasteiger partial charge in [-0.3, -0.25) is 4.79 Å². The first kappa shape index (κ1) is 25.0. The Kier molecular flexibility index (Phi) is 9.49. The second kappa shape index (κ2) is 10.6. The van der Waals surface area contributed by atoms with Crippen LogP contribution in [0.25, 0.3) is 0 Å². The summed E-state index contributed by atoms with van der Waals surface area (Å²) in [4.78, 5) is 13.0. The fourth-order valence-corrected chi connectivity index (χ4v) is 4.34. The van der Waals surface area contributed by atoms with Gasteiger partial charge in [0.2, 0.25) is 0 Å². The van der Waals surface area contributed by atoms with Gasteiger partial charge >= 0.3 is 18.9 Å². The smallest absolute Gasteiger partial charge is 1.00 e. The number of hydrogen-bond donors (Lipinski definition) is 0. The van der Waals surface area contributed by atoms with Crippen LogP contribution in [0.5, 0.6) is 5.75 Å². The maximum Gasteiger partial charge on any atom is 1.00 e. The van der Waals surface area contributed by atoms with Gasteiger partial charge in [-0.05, 0) is 80.9 Å². The van der Waals surface area contributed by atoms with Gasteiger partial charge in [0.1, 0.15) is 5.75 Å². The van der Waals surface area contributed by atoms with Crippen LogP contribution in [0.15, 0.2) is 30.3 Å². The van der Waals surface area contributed by atoms with E-state index in [2.05, 4.69) is 60.6 Å². The van der Waals surface area contributed by atoms with Crippen LogP contribution in [0.1, 0.15) is 74.6 Å². The van der Waals surface area contributed by atoms with Crippen molar-refractivity contribution >= 4 is 19.4 Å². The third kappa shape index (κ3) is 6.49. The molecule has 0 bridgehead atoms. The van der Waals surface area contributed by atoms with Gasteiger partial charge in [0.25, 0.3) is 0 Å². The summed E-state index contributed by atoms with van der Waals surface area (Å²) >= 11 is 0. The Balaban J connectivity index is 0.00000392. The van der Waals surface area contributed by atoms with Crippen LogP contribution in [-0.2, 0) is 5.41 Å². The van der Waals surface area contributed by atoms with Crippen molar-refractivity contribution in [1.29, 1.82) is 0 Å². The van der Waals surface area contributed by atoms with Gasteiger partial charge < -0.3 is 6.16 Å². The average Bonchev–Trinajstić information content (AvgIpc) is 2.56. The molecule has 2 nitrogen and oxygen atoms in total. The Hall–Kier alpha value is -1.06. The zero-order chi connectivity index (χ0) is 20.2. The van der Waals surface area contributed by atoms with E-state index in [1.807, 2.05) is 18.2 Å². The number of carbonyl (C=O) groups excluding carboxylic acids is 1. The second-order valence-corrected chi connectivity index (χ2v) is 9.61. The summed E-state index contributed by atoms with van der Waals surface area (Å²) < 4.78 is 5.77. The van der Waals surface area contributed by atoms with Crippen molar-refractivity contribution in [2.75, 3.05) is 6.61 Å². The third-order valence-corrected chi connectivity index (χ3v) is 6.15. The first-order chi connectivity index (χ1) is 12.6. The molecule has 0 saturated heterocycles. The molecule has 0 aliphatic rings. The van der Waals surface area contributed by atoms with Gasteiger partial charge in [-0.15, -0.1) is 0 Å². The largest absolute Gasteiger partial charge is 1.00 e. The Morgan fingerprint density at radius 1 is 1.04 bits per heavy atom. The molecule has 148 valence electrons. The molecule has 0 radical (unpaired) electrons. The van der Waals surface area contributed by atoms with Crippen molar-refractivity contribution in [3.63, 3.8) is 0 Å². The number of unbranched alkanes of at least 4 members (excludes halogenated alkanes) is 1. The number of ether oxygens (including phenoxy) is 1. The predicted octanol–water partition coefficient (Wildman–Crippen LogP) is 3.35. The van der Waals surface area contributed by atoms with Gasteiger partial charge in [0.15, 0.2) is 5.52 Å². The molecule has 0 aliphatic heterocycles. The third-order valence-electron chi connectivity index (χ3n) is 4.84. The molecular weight excluding hydrogens is 358 g/mol. The molecule has 2 rings (SSSR count). The van der Waals surface area contributed by atoms with E-state index in [4.69, 9.17) is 4.74 Å². The zero-order valence-corrected chi connectivity index (χ0v) is 19.8. The van der Waals surface area contributed by atoms with Crippen molar-refractivity contribution in [3.05, 3.63) is 58.1 Å². The molecule has 0 aromatic heterocycles. The Morgan fingerprint density at radius 3 is 2.14 bits per heavy atom. The van der Waals surface area contributed by atoms with Crippen molar-refractivity contribution < 1.29 is 29.8 Å².